The number of para-hydroxylation sites is 4. The van der Waals surface area contributed by atoms with Crippen molar-refractivity contribution in [2.75, 3.05) is 0 Å². The first-order valence-corrected chi connectivity index (χ1v) is 19.2. The molecule has 0 spiro atoms. The molecule has 2 aromatic heterocycles. The minimum absolute atomic E-state index is 0.0386. The van der Waals surface area contributed by atoms with Gasteiger partial charge in [-0.25, -0.2) is 0 Å². The molecule has 0 N–H and O–H groups in total. The van der Waals surface area contributed by atoms with E-state index in [2.05, 4.69) is 82.7 Å². The number of fused-ring (bicyclic) bond motifs is 4. The summed E-state index contributed by atoms with van der Waals surface area (Å²) < 4.78 is 13.6. The number of hydrogen-bond donors (Lipinski definition) is 0. The van der Waals surface area contributed by atoms with E-state index in [1.165, 1.54) is 0 Å². The number of halogens is 1. The fraction of sp³-hybridized carbons (Fsp3) is 0.0600. The molecule has 0 bridgehead atoms. The van der Waals surface area contributed by atoms with Crippen molar-refractivity contribution in [3.05, 3.63) is 249 Å². The lowest BCUT2D eigenvalue weighted by Gasteiger charge is -2.40. The van der Waals surface area contributed by atoms with Crippen molar-refractivity contribution >= 4 is 21.7 Å². The van der Waals surface area contributed by atoms with Gasteiger partial charge in [-0.15, -0.1) is 0 Å². The van der Waals surface area contributed by atoms with E-state index in [0.29, 0.717) is 5.56 Å². The molecule has 4 heterocycles. The van der Waals surface area contributed by atoms with Gasteiger partial charge >= 0.3 is 0 Å². The van der Waals surface area contributed by atoms with Crippen LogP contribution < -0.4 is 9.47 Å². The molecular formula is C50H35BrN2O3. The van der Waals surface area contributed by atoms with E-state index < -0.39 is 10.8 Å². The van der Waals surface area contributed by atoms with Gasteiger partial charge in [0, 0.05) is 44.7 Å². The lowest BCUT2D eigenvalue weighted by atomic mass is 9.65. The Morgan fingerprint density at radius 1 is 0.464 bits per heavy atom. The highest BCUT2D eigenvalue weighted by Crippen LogP contribution is 2.56. The van der Waals surface area contributed by atoms with E-state index in [4.69, 9.17) is 19.4 Å². The van der Waals surface area contributed by atoms with E-state index in [1.54, 1.807) is 6.92 Å². The quantitative estimate of drug-likeness (QED) is 0.163. The number of Topliss-reactive ketones (excluding diaryl/α,β-unsaturated/α-hetero) is 1. The maximum absolute atomic E-state index is 12.2. The number of benzene rings is 6. The highest BCUT2D eigenvalue weighted by Gasteiger charge is 2.47. The number of ether oxygens (including phenoxy) is 2. The topological polar surface area (TPSA) is 61.3 Å². The van der Waals surface area contributed by atoms with Crippen LogP contribution in [-0.4, -0.2) is 15.8 Å². The molecule has 10 rings (SSSR count). The summed E-state index contributed by atoms with van der Waals surface area (Å²) in [5, 5.41) is 0. The molecule has 0 aliphatic carbocycles. The molecule has 2 aliphatic rings. The molecule has 56 heavy (non-hydrogen) atoms. The third kappa shape index (κ3) is 5.73. The molecule has 0 atom stereocenters. The molecule has 0 fully saturated rings. The van der Waals surface area contributed by atoms with Crippen LogP contribution >= 0.6 is 15.9 Å². The summed E-state index contributed by atoms with van der Waals surface area (Å²) in [6, 6.07) is 61.0. The third-order valence-electron chi connectivity index (χ3n) is 10.7. The summed E-state index contributed by atoms with van der Waals surface area (Å²) >= 11 is 3.65. The molecule has 0 unspecified atom stereocenters. The highest BCUT2D eigenvalue weighted by atomic mass is 79.9. The van der Waals surface area contributed by atoms with Crippen LogP contribution in [0.1, 0.15) is 62.1 Å². The van der Waals surface area contributed by atoms with Crippen LogP contribution in [0.15, 0.2) is 199 Å². The van der Waals surface area contributed by atoms with Gasteiger partial charge in [-0.3, -0.25) is 14.8 Å². The molecule has 6 heteroatoms. The third-order valence-corrected chi connectivity index (χ3v) is 11.2. The number of aromatic nitrogens is 2. The summed E-state index contributed by atoms with van der Waals surface area (Å²) in [6.07, 6.45) is 3.67. The van der Waals surface area contributed by atoms with Crippen molar-refractivity contribution in [2.45, 2.75) is 17.8 Å². The summed E-state index contributed by atoms with van der Waals surface area (Å²) in [7, 11) is 0. The van der Waals surface area contributed by atoms with Gasteiger partial charge in [0.15, 0.2) is 5.78 Å². The number of pyridine rings is 2. The maximum Gasteiger partial charge on any atom is 0.159 e. The average Bonchev–Trinajstić information content (AvgIpc) is 3.25. The Balaban J connectivity index is 0.000000147. The van der Waals surface area contributed by atoms with E-state index in [1.807, 2.05) is 128 Å². The molecule has 8 aromatic rings. The Bertz CT molecular complexity index is 2620. The Morgan fingerprint density at radius 3 is 1.25 bits per heavy atom. The molecule has 0 saturated heterocycles. The van der Waals surface area contributed by atoms with Crippen molar-refractivity contribution in [1.29, 1.82) is 0 Å². The summed E-state index contributed by atoms with van der Waals surface area (Å²) in [5.74, 6) is 3.36. The first-order valence-electron chi connectivity index (χ1n) is 18.5. The van der Waals surface area contributed by atoms with Crippen LogP contribution in [0.25, 0.3) is 0 Å². The maximum atomic E-state index is 12.2. The lowest BCUT2D eigenvalue weighted by Crippen LogP contribution is -2.35. The summed E-state index contributed by atoms with van der Waals surface area (Å²) in [5.41, 5.74) is 7.69. The minimum atomic E-state index is -0.682. The van der Waals surface area contributed by atoms with Gasteiger partial charge in [0.2, 0.25) is 0 Å². The van der Waals surface area contributed by atoms with Crippen molar-refractivity contribution < 1.29 is 14.3 Å². The molecular weight excluding hydrogens is 756 g/mol. The molecule has 5 nitrogen and oxygen atoms in total. The molecule has 0 radical (unpaired) electrons. The number of carbonyl (C=O) groups excluding carboxylic acids is 1. The van der Waals surface area contributed by atoms with Gasteiger partial charge in [-0.05, 0) is 84.8 Å². The first kappa shape index (κ1) is 35.1. The van der Waals surface area contributed by atoms with Gasteiger partial charge in [0.1, 0.15) is 23.0 Å². The summed E-state index contributed by atoms with van der Waals surface area (Å²) in [4.78, 5) is 21.8. The van der Waals surface area contributed by atoms with E-state index in [9.17, 15) is 4.79 Å². The van der Waals surface area contributed by atoms with Crippen LogP contribution in [0.4, 0.5) is 0 Å². The number of hydrogen-bond acceptors (Lipinski definition) is 5. The second-order valence-corrected chi connectivity index (χ2v) is 14.7. The van der Waals surface area contributed by atoms with E-state index in [-0.39, 0.29) is 5.78 Å². The van der Waals surface area contributed by atoms with Crippen molar-refractivity contribution in [3.63, 3.8) is 0 Å². The first-order chi connectivity index (χ1) is 27.5. The molecule has 6 aromatic carbocycles. The fourth-order valence-electron chi connectivity index (χ4n) is 8.32. The largest absolute Gasteiger partial charge is 0.457 e. The van der Waals surface area contributed by atoms with Crippen molar-refractivity contribution in [1.82, 2.24) is 9.97 Å². The Hall–Kier alpha value is -6.63. The smallest absolute Gasteiger partial charge is 0.159 e. The lowest BCUT2D eigenvalue weighted by molar-refractivity contribution is 0.101. The SMILES string of the molecule is Brc1cccc(C2(c3ccccn3)c3ccccc3Oc3ccccc32)c1.CC(=O)c1cccc(C2(c3ccccn3)c3ccccc3Oc3ccccc32)c1. The standard InChI is InChI=1S/C26H19NO2.C24H16BrNO/c1-18(28)19-9-8-10-20(17-19)26(25-15-6-7-16-27-25)21-11-2-4-13-23(21)29-24-14-5-3-12-22(24)26;25-18-9-7-8-17(16-18)24(23-14-5-6-15-26-23)19-10-1-3-12-21(19)27-22-13-4-2-11-20(22)24/h2-17H,1H3;1-16H. The Morgan fingerprint density at radius 2 is 0.857 bits per heavy atom. The molecule has 0 amide bonds. The van der Waals surface area contributed by atoms with Gasteiger partial charge in [0.25, 0.3) is 0 Å². The van der Waals surface area contributed by atoms with Crippen LogP contribution in [-0.2, 0) is 10.8 Å². The second-order valence-electron chi connectivity index (χ2n) is 13.8. The van der Waals surface area contributed by atoms with Gasteiger partial charge < -0.3 is 9.47 Å². The average molecular weight is 792 g/mol. The zero-order valence-corrected chi connectivity index (χ0v) is 32.1. The second kappa shape index (κ2) is 14.5. The molecule has 0 saturated carbocycles. The number of carbonyl (C=O) groups is 1. The van der Waals surface area contributed by atoms with Gasteiger partial charge in [-0.2, -0.15) is 0 Å². The predicted molar refractivity (Wildman–Crippen MR) is 223 cm³/mol. The zero-order chi connectivity index (χ0) is 38.1. The Kier molecular flexibility index (Phi) is 9.12. The van der Waals surface area contributed by atoms with E-state index in [0.717, 1.165) is 72.2 Å². The van der Waals surface area contributed by atoms with Crippen LogP contribution in [0.3, 0.4) is 0 Å². The predicted octanol–water partition coefficient (Wildman–Crippen LogP) is 12.1. The van der Waals surface area contributed by atoms with Crippen molar-refractivity contribution in [2.24, 2.45) is 0 Å². The van der Waals surface area contributed by atoms with E-state index >= 15 is 0 Å². The van der Waals surface area contributed by atoms with Gasteiger partial charge in [0.05, 0.1) is 22.2 Å². The van der Waals surface area contributed by atoms with Gasteiger partial charge in [-0.1, -0.05) is 131 Å². The summed E-state index contributed by atoms with van der Waals surface area (Å²) in [6.45, 7) is 1.60. The number of rotatable bonds is 5. The van der Waals surface area contributed by atoms with Crippen LogP contribution in [0.5, 0.6) is 23.0 Å². The zero-order valence-electron chi connectivity index (χ0n) is 30.5. The molecule has 270 valence electrons. The fourth-order valence-corrected chi connectivity index (χ4v) is 8.72. The minimum Gasteiger partial charge on any atom is -0.457 e. The normalized spacial score (nSPS) is 13.8. The Labute approximate surface area is 334 Å². The van der Waals surface area contributed by atoms with Crippen LogP contribution in [0.2, 0.25) is 0 Å². The monoisotopic (exact) mass is 790 g/mol. The van der Waals surface area contributed by atoms with Crippen LogP contribution in [0, 0.1) is 0 Å². The van der Waals surface area contributed by atoms with Crippen molar-refractivity contribution in [3.8, 4) is 23.0 Å². The number of ketones is 1. The molecule has 2 aliphatic heterocycles. The highest BCUT2D eigenvalue weighted by molar-refractivity contribution is 9.10. The number of nitrogens with zero attached hydrogens (tertiary/aromatic N) is 2.